The van der Waals surface area contributed by atoms with Gasteiger partial charge in [0, 0.05) is 55.5 Å². The van der Waals surface area contributed by atoms with Crippen LogP contribution in [0.25, 0.3) is 0 Å². The molecule has 1 aromatic heterocycles. The zero-order valence-electron chi connectivity index (χ0n) is 14.0. The molecular weight excluding hydrogens is 280 g/mol. The Bertz CT molecular complexity index is 424. The summed E-state index contributed by atoms with van der Waals surface area (Å²) in [6, 6.07) is 0. The van der Waals surface area contributed by atoms with Crippen molar-refractivity contribution in [2.24, 2.45) is 7.05 Å². The molecule has 0 amide bonds. The Morgan fingerprint density at radius 3 is 2.52 bits per heavy atom. The van der Waals surface area contributed by atoms with Crippen LogP contribution in [0.3, 0.4) is 0 Å². The van der Waals surface area contributed by atoms with E-state index < -0.39 is 0 Å². The molecule has 0 bridgehead atoms. The van der Waals surface area contributed by atoms with Gasteiger partial charge in [-0.2, -0.15) is 16.9 Å². The van der Waals surface area contributed by atoms with E-state index in [0.717, 1.165) is 6.54 Å². The van der Waals surface area contributed by atoms with Gasteiger partial charge in [0.1, 0.15) is 0 Å². The van der Waals surface area contributed by atoms with Crippen LogP contribution in [0.2, 0.25) is 0 Å². The van der Waals surface area contributed by atoms with Crippen molar-refractivity contribution >= 4 is 11.8 Å². The highest BCUT2D eigenvalue weighted by molar-refractivity contribution is 8.00. The monoisotopic (exact) mass is 310 g/mol. The third-order valence-electron chi connectivity index (χ3n) is 3.79. The number of thioether (sulfide) groups is 1. The summed E-state index contributed by atoms with van der Waals surface area (Å²) in [6.45, 7) is 14.0. The molecule has 0 aliphatic carbocycles. The second-order valence-corrected chi connectivity index (χ2v) is 8.88. The highest BCUT2D eigenvalue weighted by atomic mass is 32.2. The SMILES string of the molecule is Cn1cc(CN2CCCN(CCSC(C)(C)C)CC2)cn1. The molecule has 4 nitrogen and oxygen atoms in total. The van der Waals surface area contributed by atoms with Gasteiger partial charge in [-0.25, -0.2) is 0 Å². The van der Waals surface area contributed by atoms with E-state index in [1.165, 1.54) is 50.5 Å². The normalized spacial score (nSPS) is 18.9. The smallest absolute Gasteiger partial charge is 0.0534 e. The van der Waals surface area contributed by atoms with Crippen molar-refractivity contribution in [1.82, 2.24) is 19.6 Å². The Hall–Kier alpha value is -0.520. The maximum absolute atomic E-state index is 4.26. The largest absolute Gasteiger partial charge is 0.301 e. The standard InChI is InChI=1S/C16H30N4S/c1-16(2,3)21-11-10-19-6-5-7-20(9-8-19)14-15-12-17-18(4)13-15/h12-13H,5-11,14H2,1-4H3. The van der Waals surface area contributed by atoms with Crippen molar-refractivity contribution in [1.29, 1.82) is 0 Å². The summed E-state index contributed by atoms with van der Waals surface area (Å²) in [5, 5.41) is 4.26. The number of hydrogen-bond donors (Lipinski definition) is 0. The molecule has 1 fully saturated rings. The molecule has 0 radical (unpaired) electrons. The molecule has 5 heteroatoms. The van der Waals surface area contributed by atoms with Gasteiger partial charge in [0.25, 0.3) is 0 Å². The van der Waals surface area contributed by atoms with Crippen molar-refractivity contribution in [2.45, 2.75) is 38.5 Å². The van der Waals surface area contributed by atoms with E-state index in [2.05, 4.69) is 53.6 Å². The maximum Gasteiger partial charge on any atom is 0.0534 e. The van der Waals surface area contributed by atoms with Gasteiger partial charge in [-0.05, 0) is 19.5 Å². The molecule has 21 heavy (non-hydrogen) atoms. The van der Waals surface area contributed by atoms with E-state index >= 15 is 0 Å². The lowest BCUT2D eigenvalue weighted by atomic mass is 10.3. The van der Waals surface area contributed by atoms with Crippen LogP contribution in [-0.4, -0.2) is 62.8 Å². The molecule has 0 N–H and O–H groups in total. The first kappa shape index (κ1) is 16.8. The van der Waals surface area contributed by atoms with Crippen molar-refractivity contribution < 1.29 is 0 Å². The van der Waals surface area contributed by atoms with E-state index in [-0.39, 0.29) is 0 Å². The lowest BCUT2D eigenvalue weighted by Gasteiger charge is -2.23. The lowest BCUT2D eigenvalue weighted by molar-refractivity contribution is 0.258. The summed E-state index contributed by atoms with van der Waals surface area (Å²) >= 11 is 2.07. The summed E-state index contributed by atoms with van der Waals surface area (Å²) < 4.78 is 2.28. The Morgan fingerprint density at radius 2 is 1.86 bits per heavy atom. The second-order valence-electron chi connectivity index (χ2n) is 6.95. The number of aromatic nitrogens is 2. The van der Waals surface area contributed by atoms with Crippen LogP contribution in [0.4, 0.5) is 0 Å². The molecule has 0 aromatic carbocycles. The molecule has 0 saturated carbocycles. The van der Waals surface area contributed by atoms with Gasteiger partial charge in [-0.1, -0.05) is 20.8 Å². The van der Waals surface area contributed by atoms with Crippen LogP contribution in [0.5, 0.6) is 0 Å². The minimum atomic E-state index is 0.387. The van der Waals surface area contributed by atoms with Gasteiger partial charge in [0.15, 0.2) is 0 Å². The van der Waals surface area contributed by atoms with Crippen LogP contribution < -0.4 is 0 Å². The molecule has 2 heterocycles. The molecule has 1 saturated heterocycles. The number of hydrogen-bond acceptors (Lipinski definition) is 4. The zero-order chi connectivity index (χ0) is 15.3. The van der Waals surface area contributed by atoms with Gasteiger partial charge in [0.05, 0.1) is 6.20 Å². The number of nitrogens with zero attached hydrogens (tertiary/aromatic N) is 4. The summed E-state index contributed by atoms with van der Waals surface area (Å²) in [6.07, 6.45) is 5.39. The topological polar surface area (TPSA) is 24.3 Å². The first-order valence-electron chi connectivity index (χ1n) is 7.98. The van der Waals surface area contributed by atoms with Gasteiger partial charge >= 0.3 is 0 Å². The van der Waals surface area contributed by atoms with E-state index in [1.54, 1.807) is 0 Å². The summed E-state index contributed by atoms with van der Waals surface area (Å²) in [5.74, 6) is 1.24. The van der Waals surface area contributed by atoms with E-state index in [0.29, 0.717) is 4.75 Å². The molecule has 1 aliphatic rings. The molecule has 1 aliphatic heterocycles. The minimum Gasteiger partial charge on any atom is -0.301 e. The van der Waals surface area contributed by atoms with Crippen LogP contribution in [0, 0.1) is 0 Å². The molecule has 1 aromatic rings. The quantitative estimate of drug-likeness (QED) is 0.834. The highest BCUT2D eigenvalue weighted by Crippen LogP contribution is 2.23. The third-order valence-corrected chi connectivity index (χ3v) is 5.04. The molecule has 0 atom stereocenters. The maximum atomic E-state index is 4.26. The Morgan fingerprint density at radius 1 is 1.14 bits per heavy atom. The lowest BCUT2D eigenvalue weighted by Crippen LogP contribution is -2.32. The van der Waals surface area contributed by atoms with Crippen LogP contribution in [0.15, 0.2) is 12.4 Å². The predicted octanol–water partition coefficient (Wildman–Crippen LogP) is 2.46. The summed E-state index contributed by atoms with van der Waals surface area (Å²) in [7, 11) is 1.99. The van der Waals surface area contributed by atoms with Gasteiger partial charge < -0.3 is 4.90 Å². The summed E-state index contributed by atoms with van der Waals surface area (Å²) in [5.41, 5.74) is 1.33. The van der Waals surface area contributed by atoms with E-state index in [1.807, 2.05) is 17.9 Å². The third kappa shape index (κ3) is 6.41. The van der Waals surface area contributed by atoms with E-state index in [9.17, 15) is 0 Å². The Labute approximate surface area is 133 Å². The predicted molar refractivity (Wildman–Crippen MR) is 91.8 cm³/mol. The fraction of sp³-hybridized carbons (Fsp3) is 0.812. The number of rotatable bonds is 5. The van der Waals surface area contributed by atoms with Crippen molar-refractivity contribution in [3.63, 3.8) is 0 Å². The van der Waals surface area contributed by atoms with Crippen LogP contribution in [-0.2, 0) is 13.6 Å². The van der Waals surface area contributed by atoms with Crippen molar-refractivity contribution in [3.8, 4) is 0 Å². The van der Waals surface area contributed by atoms with Crippen molar-refractivity contribution in [2.75, 3.05) is 38.5 Å². The molecule has 0 unspecified atom stereocenters. The highest BCUT2D eigenvalue weighted by Gasteiger charge is 2.16. The average Bonchev–Trinajstić information content (AvgIpc) is 2.66. The minimum absolute atomic E-state index is 0.387. The molecule has 2 rings (SSSR count). The molecular formula is C16H30N4S. The van der Waals surface area contributed by atoms with Crippen molar-refractivity contribution in [3.05, 3.63) is 18.0 Å². The molecule has 0 spiro atoms. The second kappa shape index (κ2) is 7.65. The van der Waals surface area contributed by atoms with Gasteiger partial charge in [0.2, 0.25) is 0 Å². The zero-order valence-corrected chi connectivity index (χ0v) is 14.8. The summed E-state index contributed by atoms with van der Waals surface area (Å²) in [4.78, 5) is 5.19. The van der Waals surface area contributed by atoms with Crippen LogP contribution in [0.1, 0.15) is 32.8 Å². The fourth-order valence-electron chi connectivity index (χ4n) is 2.70. The Kier molecular flexibility index (Phi) is 6.14. The van der Waals surface area contributed by atoms with Gasteiger partial charge in [-0.15, -0.1) is 0 Å². The molecule has 120 valence electrons. The number of aryl methyl sites for hydroxylation is 1. The van der Waals surface area contributed by atoms with E-state index in [4.69, 9.17) is 0 Å². The van der Waals surface area contributed by atoms with Crippen LogP contribution >= 0.6 is 11.8 Å². The average molecular weight is 311 g/mol. The first-order valence-corrected chi connectivity index (χ1v) is 8.97. The van der Waals surface area contributed by atoms with Gasteiger partial charge in [-0.3, -0.25) is 9.58 Å². The Balaban J connectivity index is 1.71. The fourth-order valence-corrected chi connectivity index (χ4v) is 3.66. The first-order chi connectivity index (χ1) is 9.92.